The topological polar surface area (TPSA) is 54.0 Å². The third kappa shape index (κ3) is 3.31. The van der Waals surface area contributed by atoms with Gasteiger partial charge in [0.15, 0.2) is 0 Å². The van der Waals surface area contributed by atoms with Crippen LogP contribution in [0, 0.1) is 6.92 Å². The highest BCUT2D eigenvalue weighted by Gasteiger charge is 2.09. The largest absolute Gasteiger partial charge is 0.388 e. The van der Waals surface area contributed by atoms with Crippen molar-refractivity contribution in [1.29, 1.82) is 0 Å². The lowest BCUT2D eigenvalue weighted by molar-refractivity contribution is 0.0950. The number of amides is 1. The number of rotatable bonds is 4. The molecule has 98 valence electrons. The fourth-order valence-corrected chi connectivity index (χ4v) is 1.84. The molecule has 0 atom stereocenters. The number of carbonyl (C=O) groups is 1. The van der Waals surface area contributed by atoms with Crippen molar-refractivity contribution in [3.8, 4) is 0 Å². The summed E-state index contributed by atoms with van der Waals surface area (Å²) in [5, 5.41) is 5.92. The molecule has 0 aliphatic rings. The van der Waals surface area contributed by atoms with E-state index in [9.17, 15) is 4.79 Å². The van der Waals surface area contributed by atoms with Gasteiger partial charge in [-0.25, -0.2) is 0 Å². The monoisotopic (exact) mass is 255 g/mol. The van der Waals surface area contributed by atoms with Crippen LogP contribution in [0.4, 0.5) is 5.69 Å². The molecule has 0 saturated heterocycles. The fraction of sp³-hybridized carbons (Fsp3) is 0.200. The maximum Gasteiger partial charge on any atom is 0.251 e. The van der Waals surface area contributed by atoms with E-state index in [1.807, 2.05) is 50.4 Å². The van der Waals surface area contributed by atoms with E-state index in [1.54, 1.807) is 6.20 Å². The molecule has 2 N–H and O–H groups in total. The number of aromatic nitrogens is 1. The summed E-state index contributed by atoms with van der Waals surface area (Å²) in [5.41, 5.74) is 3.49. The minimum absolute atomic E-state index is 0.0780. The molecule has 0 saturated carbocycles. The molecule has 0 bridgehead atoms. The zero-order valence-corrected chi connectivity index (χ0v) is 11.1. The summed E-state index contributed by atoms with van der Waals surface area (Å²) in [5.74, 6) is -0.0780. The SMILES string of the molecule is CNc1ccc(C(=O)NCc2ccccn2)c(C)c1. The van der Waals surface area contributed by atoms with Gasteiger partial charge in [-0.1, -0.05) is 6.07 Å². The molecule has 1 amide bonds. The van der Waals surface area contributed by atoms with Crippen molar-refractivity contribution in [3.05, 3.63) is 59.4 Å². The average molecular weight is 255 g/mol. The van der Waals surface area contributed by atoms with Crippen LogP contribution in [0.15, 0.2) is 42.6 Å². The van der Waals surface area contributed by atoms with E-state index >= 15 is 0 Å². The van der Waals surface area contributed by atoms with Gasteiger partial charge in [-0.2, -0.15) is 0 Å². The number of hydrogen-bond donors (Lipinski definition) is 2. The molecule has 2 aromatic rings. The van der Waals surface area contributed by atoms with Crippen LogP contribution in [0.3, 0.4) is 0 Å². The molecule has 19 heavy (non-hydrogen) atoms. The van der Waals surface area contributed by atoms with E-state index in [-0.39, 0.29) is 5.91 Å². The summed E-state index contributed by atoms with van der Waals surface area (Å²) < 4.78 is 0. The Bertz CT molecular complexity index is 567. The summed E-state index contributed by atoms with van der Waals surface area (Å²) in [4.78, 5) is 16.2. The van der Waals surface area contributed by atoms with Crippen LogP contribution in [0.2, 0.25) is 0 Å². The number of nitrogens with one attached hydrogen (secondary N) is 2. The number of benzene rings is 1. The van der Waals surface area contributed by atoms with Crippen molar-refractivity contribution >= 4 is 11.6 Å². The van der Waals surface area contributed by atoms with Gasteiger partial charge in [0.2, 0.25) is 0 Å². The molecule has 0 radical (unpaired) electrons. The lowest BCUT2D eigenvalue weighted by atomic mass is 10.1. The molecule has 1 aromatic heterocycles. The second kappa shape index (κ2) is 6.00. The Hall–Kier alpha value is -2.36. The van der Waals surface area contributed by atoms with Gasteiger partial charge in [-0.15, -0.1) is 0 Å². The van der Waals surface area contributed by atoms with Crippen LogP contribution in [0.25, 0.3) is 0 Å². The van der Waals surface area contributed by atoms with E-state index in [4.69, 9.17) is 0 Å². The van der Waals surface area contributed by atoms with Crippen LogP contribution in [-0.2, 0) is 6.54 Å². The van der Waals surface area contributed by atoms with Crippen LogP contribution < -0.4 is 10.6 Å². The maximum atomic E-state index is 12.1. The Kier molecular flexibility index (Phi) is 4.13. The molecule has 0 spiro atoms. The molecule has 4 heteroatoms. The van der Waals surface area contributed by atoms with Crippen molar-refractivity contribution in [2.24, 2.45) is 0 Å². The predicted molar refractivity (Wildman–Crippen MR) is 76.1 cm³/mol. The summed E-state index contributed by atoms with van der Waals surface area (Å²) in [6.07, 6.45) is 1.72. The molecule has 1 heterocycles. The Balaban J connectivity index is 2.04. The number of carbonyl (C=O) groups excluding carboxylic acids is 1. The van der Waals surface area contributed by atoms with Crippen LogP contribution >= 0.6 is 0 Å². The summed E-state index contributed by atoms with van der Waals surface area (Å²) in [6.45, 7) is 2.36. The van der Waals surface area contributed by atoms with E-state index in [0.29, 0.717) is 12.1 Å². The van der Waals surface area contributed by atoms with Gasteiger partial charge in [0, 0.05) is 24.5 Å². The minimum Gasteiger partial charge on any atom is -0.388 e. The van der Waals surface area contributed by atoms with Crippen molar-refractivity contribution < 1.29 is 4.79 Å². The number of nitrogens with zero attached hydrogens (tertiary/aromatic N) is 1. The Morgan fingerprint density at radius 2 is 2.11 bits per heavy atom. The van der Waals surface area contributed by atoms with E-state index in [2.05, 4.69) is 15.6 Å². The third-order valence-electron chi connectivity index (χ3n) is 2.92. The Labute approximate surface area is 112 Å². The number of aryl methyl sites for hydroxylation is 1. The zero-order valence-electron chi connectivity index (χ0n) is 11.1. The van der Waals surface area contributed by atoms with Gasteiger partial charge in [0.05, 0.1) is 12.2 Å². The molecular weight excluding hydrogens is 238 g/mol. The van der Waals surface area contributed by atoms with Gasteiger partial charge < -0.3 is 10.6 Å². The standard InChI is InChI=1S/C15H17N3O/c1-11-9-12(16-2)6-7-14(11)15(19)18-10-13-5-3-4-8-17-13/h3-9,16H,10H2,1-2H3,(H,18,19). The molecule has 0 fully saturated rings. The first-order valence-electron chi connectivity index (χ1n) is 6.17. The average Bonchev–Trinajstić information content (AvgIpc) is 2.45. The second-order valence-electron chi connectivity index (χ2n) is 4.28. The molecule has 2 rings (SSSR count). The maximum absolute atomic E-state index is 12.1. The normalized spacial score (nSPS) is 10.0. The number of anilines is 1. The highest BCUT2D eigenvalue weighted by molar-refractivity contribution is 5.96. The molecule has 4 nitrogen and oxygen atoms in total. The quantitative estimate of drug-likeness (QED) is 0.881. The van der Waals surface area contributed by atoms with E-state index < -0.39 is 0 Å². The number of pyridine rings is 1. The van der Waals surface area contributed by atoms with Crippen LogP contribution in [0.5, 0.6) is 0 Å². The summed E-state index contributed by atoms with van der Waals surface area (Å²) >= 11 is 0. The highest BCUT2D eigenvalue weighted by atomic mass is 16.1. The lowest BCUT2D eigenvalue weighted by Crippen LogP contribution is -2.24. The Morgan fingerprint density at radius 1 is 1.26 bits per heavy atom. The van der Waals surface area contributed by atoms with Gasteiger partial charge in [-0.05, 0) is 42.8 Å². The van der Waals surface area contributed by atoms with E-state index in [0.717, 1.165) is 16.9 Å². The fourth-order valence-electron chi connectivity index (χ4n) is 1.84. The molecular formula is C15H17N3O. The van der Waals surface area contributed by atoms with E-state index in [1.165, 1.54) is 0 Å². The smallest absolute Gasteiger partial charge is 0.251 e. The summed E-state index contributed by atoms with van der Waals surface area (Å²) in [6, 6.07) is 11.3. The van der Waals surface area contributed by atoms with Gasteiger partial charge in [0.25, 0.3) is 5.91 Å². The summed E-state index contributed by atoms with van der Waals surface area (Å²) in [7, 11) is 1.86. The van der Waals surface area contributed by atoms with Gasteiger partial charge in [0.1, 0.15) is 0 Å². The number of hydrogen-bond acceptors (Lipinski definition) is 3. The molecule has 1 aromatic carbocycles. The predicted octanol–water partition coefficient (Wildman–Crippen LogP) is 2.36. The third-order valence-corrected chi connectivity index (χ3v) is 2.92. The Morgan fingerprint density at radius 3 is 2.74 bits per heavy atom. The van der Waals surface area contributed by atoms with Crippen LogP contribution in [-0.4, -0.2) is 17.9 Å². The first kappa shape index (κ1) is 13.1. The van der Waals surface area contributed by atoms with Crippen molar-refractivity contribution in [2.75, 3.05) is 12.4 Å². The minimum atomic E-state index is -0.0780. The van der Waals surface area contributed by atoms with Gasteiger partial charge in [-0.3, -0.25) is 9.78 Å². The highest BCUT2D eigenvalue weighted by Crippen LogP contribution is 2.14. The zero-order chi connectivity index (χ0) is 13.7. The first-order chi connectivity index (χ1) is 9.20. The van der Waals surface area contributed by atoms with Gasteiger partial charge >= 0.3 is 0 Å². The lowest BCUT2D eigenvalue weighted by Gasteiger charge is -2.09. The molecule has 0 aliphatic heterocycles. The van der Waals surface area contributed by atoms with Crippen molar-refractivity contribution in [2.45, 2.75) is 13.5 Å². The van der Waals surface area contributed by atoms with Crippen molar-refractivity contribution in [3.63, 3.8) is 0 Å². The first-order valence-corrected chi connectivity index (χ1v) is 6.17. The molecule has 0 aliphatic carbocycles. The van der Waals surface area contributed by atoms with Crippen LogP contribution in [0.1, 0.15) is 21.6 Å². The molecule has 0 unspecified atom stereocenters. The second-order valence-corrected chi connectivity index (χ2v) is 4.28. The van der Waals surface area contributed by atoms with Crippen molar-refractivity contribution in [1.82, 2.24) is 10.3 Å².